The van der Waals surface area contributed by atoms with Gasteiger partial charge in [-0.05, 0) is 23.8 Å². The van der Waals surface area contributed by atoms with Gasteiger partial charge >= 0.3 is 0 Å². The summed E-state index contributed by atoms with van der Waals surface area (Å²) in [6.07, 6.45) is 3.66. The van der Waals surface area contributed by atoms with Gasteiger partial charge in [0.25, 0.3) is 5.56 Å². The molecule has 4 rings (SSSR count). The number of aryl methyl sites for hydroxylation is 1. The van der Waals surface area contributed by atoms with E-state index in [4.69, 9.17) is 16.1 Å². The largest absolute Gasteiger partial charge is 0.355 e. The van der Waals surface area contributed by atoms with Crippen LogP contribution in [0.2, 0.25) is 5.02 Å². The molecule has 0 fully saturated rings. The summed E-state index contributed by atoms with van der Waals surface area (Å²) < 4.78 is 6.72. The van der Waals surface area contributed by atoms with Crippen LogP contribution in [0.1, 0.15) is 11.3 Å². The molecular weight excluding hydrogens is 350 g/mol. The van der Waals surface area contributed by atoms with E-state index in [1.54, 1.807) is 13.1 Å². The maximum Gasteiger partial charge on any atom is 0.296 e. The quantitative estimate of drug-likeness (QED) is 0.541. The van der Waals surface area contributed by atoms with Gasteiger partial charge in [-0.3, -0.25) is 4.79 Å². The standard InChI is InChI=1S/C20H14ClN3O2/c1-24-20(25)19-17(18(22-24)14-5-3-2-4-6-14)16(26-23-19)12-9-13-7-10-15(21)11-8-13/h2-12H,1H3/b12-9+. The molecule has 2 heterocycles. The van der Waals surface area contributed by atoms with Gasteiger partial charge in [-0.25, -0.2) is 4.68 Å². The fraction of sp³-hybridized carbons (Fsp3) is 0.0500. The number of nitrogens with zero attached hydrogens (tertiary/aromatic N) is 3. The van der Waals surface area contributed by atoms with Gasteiger partial charge in [0.1, 0.15) is 5.69 Å². The molecule has 0 unspecified atom stereocenters. The smallest absolute Gasteiger partial charge is 0.296 e. The Morgan fingerprint density at radius 3 is 2.50 bits per heavy atom. The molecule has 2 aromatic heterocycles. The third-order valence-electron chi connectivity index (χ3n) is 4.05. The first kappa shape index (κ1) is 16.3. The molecule has 0 atom stereocenters. The van der Waals surface area contributed by atoms with E-state index in [0.29, 0.717) is 21.9 Å². The lowest BCUT2D eigenvalue weighted by molar-refractivity contribution is 0.420. The van der Waals surface area contributed by atoms with Crippen LogP contribution in [-0.2, 0) is 7.05 Å². The molecule has 0 bridgehead atoms. The Balaban J connectivity index is 1.90. The second kappa shape index (κ2) is 6.61. The number of halogens is 1. The van der Waals surface area contributed by atoms with E-state index >= 15 is 0 Å². The molecule has 6 heteroatoms. The highest BCUT2D eigenvalue weighted by molar-refractivity contribution is 6.30. The van der Waals surface area contributed by atoms with Crippen LogP contribution in [0, 0.1) is 0 Å². The van der Waals surface area contributed by atoms with Crippen LogP contribution in [0.4, 0.5) is 0 Å². The van der Waals surface area contributed by atoms with Gasteiger partial charge in [0.05, 0.1) is 5.39 Å². The van der Waals surface area contributed by atoms with Crippen LogP contribution < -0.4 is 5.56 Å². The lowest BCUT2D eigenvalue weighted by Gasteiger charge is -2.04. The van der Waals surface area contributed by atoms with Crippen molar-refractivity contribution in [2.45, 2.75) is 0 Å². The lowest BCUT2D eigenvalue weighted by atomic mass is 10.1. The monoisotopic (exact) mass is 363 g/mol. The lowest BCUT2D eigenvalue weighted by Crippen LogP contribution is -2.20. The Hall–Kier alpha value is -3.18. The van der Waals surface area contributed by atoms with Gasteiger partial charge in [0.2, 0.25) is 0 Å². The number of benzene rings is 2. The van der Waals surface area contributed by atoms with Crippen molar-refractivity contribution in [3.05, 3.63) is 81.3 Å². The minimum atomic E-state index is -0.297. The Labute approximate surface area is 154 Å². The van der Waals surface area contributed by atoms with E-state index < -0.39 is 0 Å². The highest BCUT2D eigenvalue weighted by Crippen LogP contribution is 2.28. The molecule has 26 heavy (non-hydrogen) atoms. The number of aromatic nitrogens is 3. The maximum absolute atomic E-state index is 12.4. The summed E-state index contributed by atoms with van der Waals surface area (Å²) in [6, 6.07) is 17.1. The van der Waals surface area contributed by atoms with Crippen molar-refractivity contribution in [2.24, 2.45) is 7.05 Å². The summed E-state index contributed by atoms with van der Waals surface area (Å²) in [4.78, 5) is 12.4. The van der Waals surface area contributed by atoms with E-state index in [1.807, 2.05) is 60.7 Å². The van der Waals surface area contributed by atoms with Crippen molar-refractivity contribution in [2.75, 3.05) is 0 Å². The first-order valence-corrected chi connectivity index (χ1v) is 8.37. The van der Waals surface area contributed by atoms with Crippen molar-refractivity contribution >= 4 is 34.7 Å². The highest BCUT2D eigenvalue weighted by atomic mass is 35.5. The van der Waals surface area contributed by atoms with Crippen LogP contribution >= 0.6 is 11.6 Å². The Kier molecular flexibility index (Phi) is 4.14. The van der Waals surface area contributed by atoms with E-state index in [0.717, 1.165) is 11.1 Å². The fourth-order valence-corrected chi connectivity index (χ4v) is 2.86. The van der Waals surface area contributed by atoms with Gasteiger partial charge < -0.3 is 4.52 Å². The molecule has 0 amide bonds. The highest BCUT2D eigenvalue weighted by Gasteiger charge is 2.18. The predicted molar refractivity (Wildman–Crippen MR) is 103 cm³/mol. The number of hydrogen-bond acceptors (Lipinski definition) is 4. The van der Waals surface area contributed by atoms with Crippen LogP contribution in [0.5, 0.6) is 0 Å². The molecule has 0 saturated carbocycles. The van der Waals surface area contributed by atoms with Crippen LogP contribution in [0.25, 0.3) is 34.3 Å². The zero-order valence-electron chi connectivity index (χ0n) is 13.9. The maximum atomic E-state index is 12.4. The predicted octanol–water partition coefficient (Wildman–Crippen LogP) is 4.41. The van der Waals surface area contributed by atoms with Crippen LogP contribution in [-0.4, -0.2) is 14.9 Å². The topological polar surface area (TPSA) is 60.9 Å². The summed E-state index contributed by atoms with van der Waals surface area (Å²) >= 11 is 5.91. The third kappa shape index (κ3) is 2.93. The molecule has 0 saturated heterocycles. The van der Waals surface area contributed by atoms with E-state index in [1.165, 1.54) is 4.68 Å². The molecule has 0 N–H and O–H groups in total. The van der Waals surface area contributed by atoms with Gasteiger partial charge in [0.15, 0.2) is 11.3 Å². The molecule has 128 valence electrons. The van der Waals surface area contributed by atoms with Crippen LogP contribution in [0.3, 0.4) is 0 Å². The normalized spacial score (nSPS) is 11.5. The Morgan fingerprint density at radius 1 is 1.04 bits per heavy atom. The molecule has 0 aliphatic rings. The first-order valence-electron chi connectivity index (χ1n) is 7.99. The van der Waals surface area contributed by atoms with Gasteiger partial charge in [-0.1, -0.05) is 65.3 Å². The average Bonchev–Trinajstić information content (AvgIpc) is 3.09. The van der Waals surface area contributed by atoms with E-state index in [9.17, 15) is 4.79 Å². The van der Waals surface area contributed by atoms with Gasteiger partial charge in [-0.2, -0.15) is 5.10 Å². The summed E-state index contributed by atoms with van der Waals surface area (Å²) in [5.74, 6) is 0.485. The molecule has 0 radical (unpaired) electrons. The van der Waals surface area contributed by atoms with Gasteiger partial charge in [0, 0.05) is 17.6 Å². The zero-order chi connectivity index (χ0) is 18.1. The van der Waals surface area contributed by atoms with E-state index in [2.05, 4.69) is 10.3 Å². The molecule has 0 aliphatic heterocycles. The second-order valence-electron chi connectivity index (χ2n) is 5.80. The first-order chi connectivity index (χ1) is 12.6. The minimum Gasteiger partial charge on any atom is -0.355 e. The molecule has 5 nitrogen and oxygen atoms in total. The summed E-state index contributed by atoms with van der Waals surface area (Å²) in [5, 5.41) is 9.67. The Morgan fingerprint density at radius 2 is 1.77 bits per heavy atom. The molecular formula is C20H14ClN3O2. The van der Waals surface area contributed by atoms with Crippen LogP contribution in [0.15, 0.2) is 63.9 Å². The van der Waals surface area contributed by atoms with E-state index in [-0.39, 0.29) is 11.1 Å². The van der Waals surface area contributed by atoms with Crippen molar-refractivity contribution in [1.82, 2.24) is 14.9 Å². The van der Waals surface area contributed by atoms with Crippen molar-refractivity contribution < 1.29 is 4.52 Å². The average molecular weight is 364 g/mol. The van der Waals surface area contributed by atoms with Crippen molar-refractivity contribution in [3.8, 4) is 11.3 Å². The van der Waals surface area contributed by atoms with Crippen molar-refractivity contribution in [1.29, 1.82) is 0 Å². The molecule has 0 aliphatic carbocycles. The molecule has 4 aromatic rings. The van der Waals surface area contributed by atoms with Crippen molar-refractivity contribution in [3.63, 3.8) is 0 Å². The number of rotatable bonds is 3. The molecule has 2 aromatic carbocycles. The summed E-state index contributed by atoms with van der Waals surface area (Å²) in [7, 11) is 1.60. The zero-order valence-corrected chi connectivity index (χ0v) is 14.6. The minimum absolute atomic E-state index is 0.261. The number of fused-ring (bicyclic) bond motifs is 1. The second-order valence-corrected chi connectivity index (χ2v) is 6.24. The fourth-order valence-electron chi connectivity index (χ4n) is 2.73. The Bertz CT molecular complexity index is 1160. The number of hydrogen-bond donors (Lipinski definition) is 0. The third-order valence-corrected chi connectivity index (χ3v) is 4.30. The van der Waals surface area contributed by atoms with Gasteiger partial charge in [-0.15, -0.1) is 0 Å². The SMILES string of the molecule is Cn1nc(-c2ccccc2)c2c(/C=C/c3ccc(Cl)cc3)onc2c1=O. The summed E-state index contributed by atoms with van der Waals surface area (Å²) in [5.41, 5.74) is 2.46. The summed E-state index contributed by atoms with van der Waals surface area (Å²) in [6.45, 7) is 0. The molecule has 0 spiro atoms.